The lowest BCUT2D eigenvalue weighted by molar-refractivity contribution is 0.0920. The first-order valence-electron chi connectivity index (χ1n) is 6.04. The van der Waals surface area contributed by atoms with Crippen molar-refractivity contribution in [3.05, 3.63) is 17.8 Å². The second kappa shape index (κ2) is 7.60. The number of rotatable bonds is 7. The van der Waals surface area contributed by atoms with Gasteiger partial charge in [-0.25, -0.2) is 0 Å². The smallest absolute Gasteiger partial charge is 0.271 e. The molecule has 6 nitrogen and oxygen atoms in total. The van der Waals surface area contributed by atoms with Crippen molar-refractivity contribution in [2.75, 3.05) is 25.5 Å². The van der Waals surface area contributed by atoms with Crippen molar-refractivity contribution in [3.63, 3.8) is 0 Å². The van der Waals surface area contributed by atoms with E-state index in [0.29, 0.717) is 24.9 Å². The van der Waals surface area contributed by atoms with Crippen LogP contribution in [-0.4, -0.2) is 35.9 Å². The summed E-state index contributed by atoms with van der Waals surface area (Å²) >= 11 is 0. The quantitative estimate of drug-likeness (QED) is 0.702. The van der Waals surface area contributed by atoms with Gasteiger partial charge in [-0.3, -0.25) is 4.79 Å². The highest BCUT2D eigenvalue weighted by molar-refractivity contribution is 5.92. The summed E-state index contributed by atoms with van der Waals surface area (Å²) in [6, 6.07) is 3.10. The molecule has 0 aliphatic carbocycles. The number of hydrogen-bond donors (Lipinski definition) is 2. The summed E-state index contributed by atoms with van der Waals surface area (Å²) in [5.74, 6) is 0.588. The predicted octanol–water partition coefficient (Wildman–Crippen LogP) is 0.851. The second-order valence-electron chi connectivity index (χ2n) is 4.42. The highest BCUT2D eigenvalue weighted by atomic mass is 16.5. The molecule has 1 aromatic heterocycles. The van der Waals surface area contributed by atoms with E-state index >= 15 is 0 Å². The van der Waals surface area contributed by atoms with Gasteiger partial charge in [0.15, 0.2) is 5.69 Å². The number of carbonyl (C=O) groups excluding carboxylic acids is 1. The molecule has 1 aromatic rings. The average Bonchev–Trinajstić information content (AvgIpc) is 2.34. The third-order valence-electron chi connectivity index (χ3n) is 2.12. The van der Waals surface area contributed by atoms with Crippen LogP contribution in [-0.2, 0) is 4.74 Å². The van der Waals surface area contributed by atoms with Crippen molar-refractivity contribution in [1.82, 2.24) is 15.5 Å². The third-order valence-corrected chi connectivity index (χ3v) is 2.12. The average molecular weight is 252 g/mol. The van der Waals surface area contributed by atoms with Gasteiger partial charge >= 0.3 is 0 Å². The number of carbonyl (C=O) groups is 1. The molecule has 1 heterocycles. The molecule has 1 rings (SSSR count). The SMILES string of the molecule is CC(C)COCCCNC(=O)c1ccc(N)nn1. The zero-order valence-corrected chi connectivity index (χ0v) is 10.8. The monoisotopic (exact) mass is 252 g/mol. The maximum atomic E-state index is 11.6. The Morgan fingerprint density at radius 3 is 2.83 bits per heavy atom. The van der Waals surface area contributed by atoms with Gasteiger partial charge in [0.2, 0.25) is 0 Å². The van der Waals surface area contributed by atoms with Crippen molar-refractivity contribution in [1.29, 1.82) is 0 Å². The Bertz CT molecular complexity index is 365. The molecule has 0 saturated heterocycles. The van der Waals surface area contributed by atoms with E-state index in [9.17, 15) is 4.79 Å². The van der Waals surface area contributed by atoms with Crippen LogP contribution in [0, 0.1) is 5.92 Å². The molecule has 0 bridgehead atoms. The van der Waals surface area contributed by atoms with Crippen molar-refractivity contribution in [3.8, 4) is 0 Å². The van der Waals surface area contributed by atoms with Crippen molar-refractivity contribution in [2.45, 2.75) is 20.3 Å². The topological polar surface area (TPSA) is 90.1 Å². The summed E-state index contributed by atoms with van der Waals surface area (Å²) in [6.07, 6.45) is 0.779. The number of ether oxygens (including phenoxy) is 1. The maximum absolute atomic E-state index is 11.6. The Labute approximate surface area is 107 Å². The van der Waals surface area contributed by atoms with Gasteiger partial charge in [-0.1, -0.05) is 13.8 Å². The first kappa shape index (κ1) is 14.4. The third kappa shape index (κ3) is 5.58. The molecule has 3 N–H and O–H groups in total. The highest BCUT2D eigenvalue weighted by Crippen LogP contribution is 1.97. The molecule has 0 fully saturated rings. The molecular formula is C12H20N4O2. The summed E-state index contributed by atoms with van der Waals surface area (Å²) in [5.41, 5.74) is 5.65. The fourth-order valence-electron chi connectivity index (χ4n) is 1.25. The lowest BCUT2D eigenvalue weighted by atomic mass is 10.2. The molecule has 6 heteroatoms. The molecule has 0 saturated carbocycles. The van der Waals surface area contributed by atoms with Crippen LogP contribution in [0.1, 0.15) is 30.8 Å². The number of nitrogens with two attached hydrogens (primary N) is 1. The van der Waals surface area contributed by atoms with E-state index in [2.05, 4.69) is 29.4 Å². The summed E-state index contributed by atoms with van der Waals surface area (Å²) in [7, 11) is 0. The van der Waals surface area contributed by atoms with Crippen molar-refractivity contribution >= 4 is 11.7 Å². The van der Waals surface area contributed by atoms with Crippen molar-refractivity contribution < 1.29 is 9.53 Å². The number of nitrogen functional groups attached to an aromatic ring is 1. The number of hydrogen-bond acceptors (Lipinski definition) is 5. The Balaban J connectivity index is 2.16. The minimum Gasteiger partial charge on any atom is -0.382 e. The Morgan fingerprint density at radius 2 is 2.22 bits per heavy atom. The summed E-state index contributed by atoms with van der Waals surface area (Å²) < 4.78 is 5.40. The minimum absolute atomic E-state index is 0.244. The molecule has 0 unspecified atom stereocenters. The fourth-order valence-corrected chi connectivity index (χ4v) is 1.25. The molecule has 1 amide bonds. The Kier molecular flexibility index (Phi) is 6.07. The van der Waals surface area contributed by atoms with Crippen molar-refractivity contribution in [2.24, 2.45) is 5.92 Å². The molecule has 0 aromatic carbocycles. The summed E-state index contributed by atoms with van der Waals surface area (Å²) in [5, 5.41) is 10.1. The van der Waals surface area contributed by atoms with Gasteiger partial charge in [-0.2, -0.15) is 0 Å². The fraction of sp³-hybridized carbons (Fsp3) is 0.583. The molecular weight excluding hydrogens is 232 g/mol. The standard InChI is InChI=1S/C12H20N4O2/c1-9(2)8-18-7-3-6-14-12(17)10-4-5-11(13)16-15-10/h4-5,9H,3,6-8H2,1-2H3,(H2,13,16)(H,14,17). The van der Waals surface area contributed by atoms with Crippen LogP contribution in [0.15, 0.2) is 12.1 Å². The number of aromatic nitrogens is 2. The van der Waals surface area contributed by atoms with Crippen LogP contribution in [0.25, 0.3) is 0 Å². The van der Waals surface area contributed by atoms with E-state index in [1.165, 1.54) is 0 Å². The van der Waals surface area contributed by atoms with Crippen LogP contribution in [0.3, 0.4) is 0 Å². The molecule has 0 radical (unpaired) electrons. The van der Waals surface area contributed by atoms with E-state index in [1.54, 1.807) is 12.1 Å². The lowest BCUT2D eigenvalue weighted by Crippen LogP contribution is -2.26. The second-order valence-corrected chi connectivity index (χ2v) is 4.42. The van der Waals surface area contributed by atoms with E-state index in [-0.39, 0.29) is 11.6 Å². The molecule has 0 spiro atoms. The summed E-state index contributed by atoms with van der Waals surface area (Å²) in [4.78, 5) is 11.6. The largest absolute Gasteiger partial charge is 0.382 e. The maximum Gasteiger partial charge on any atom is 0.271 e. The first-order valence-corrected chi connectivity index (χ1v) is 6.04. The number of amides is 1. The van der Waals surface area contributed by atoms with Crippen LogP contribution in [0.2, 0.25) is 0 Å². The Morgan fingerprint density at radius 1 is 1.44 bits per heavy atom. The molecule has 0 aliphatic heterocycles. The van der Waals surface area contributed by atoms with Crippen LogP contribution < -0.4 is 11.1 Å². The minimum atomic E-state index is -0.244. The number of anilines is 1. The molecule has 18 heavy (non-hydrogen) atoms. The Hall–Kier alpha value is -1.69. The predicted molar refractivity (Wildman–Crippen MR) is 69.1 cm³/mol. The normalized spacial score (nSPS) is 10.6. The van der Waals surface area contributed by atoms with E-state index in [0.717, 1.165) is 13.0 Å². The first-order chi connectivity index (χ1) is 8.59. The highest BCUT2D eigenvalue weighted by Gasteiger charge is 2.06. The lowest BCUT2D eigenvalue weighted by Gasteiger charge is -2.07. The zero-order chi connectivity index (χ0) is 13.4. The van der Waals surface area contributed by atoms with Gasteiger partial charge in [0.25, 0.3) is 5.91 Å². The van der Waals surface area contributed by atoms with E-state index in [4.69, 9.17) is 10.5 Å². The van der Waals surface area contributed by atoms with E-state index in [1.807, 2.05) is 0 Å². The van der Waals surface area contributed by atoms with Gasteiger partial charge in [-0.15, -0.1) is 10.2 Å². The zero-order valence-electron chi connectivity index (χ0n) is 10.8. The van der Waals surface area contributed by atoms with Gasteiger partial charge < -0.3 is 15.8 Å². The van der Waals surface area contributed by atoms with Crippen LogP contribution in [0.4, 0.5) is 5.82 Å². The van der Waals surface area contributed by atoms with Gasteiger partial charge in [0.05, 0.1) is 0 Å². The molecule has 0 atom stereocenters. The van der Waals surface area contributed by atoms with Gasteiger partial charge in [0.1, 0.15) is 5.82 Å². The summed E-state index contributed by atoms with van der Waals surface area (Å²) in [6.45, 7) is 6.15. The number of nitrogens with zero attached hydrogens (tertiary/aromatic N) is 2. The van der Waals surface area contributed by atoms with Crippen LogP contribution >= 0.6 is 0 Å². The number of nitrogens with one attached hydrogen (secondary N) is 1. The molecule has 100 valence electrons. The van der Waals surface area contributed by atoms with Gasteiger partial charge in [0, 0.05) is 19.8 Å². The molecule has 0 aliphatic rings. The van der Waals surface area contributed by atoms with E-state index < -0.39 is 0 Å². The van der Waals surface area contributed by atoms with Crippen LogP contribution in [0.5, 0.6) is 0 Å². The van der Waals surface area contributed by atoms with Gasteiger partial charge in [-0.05, 0) is 24.5 Å².